The first-order valence-electron chi connectivity index (χ1n) is 13.9. The Morgan fingerprint density at radius 1 is 1.07 bits per heavy atom. The fraction of sp³-hybridized carbons (Fsp3) is 0.469. The number of halogens is 2. The van der Waals surface area contributed by atoms with Crippen LogP contribution in [0.3, 0.4) is 0 Å². The molecule has 0 aliphatic carbocycles. The minimum absolute atomic E-state index is 0.221. The highest BCUT2D eigenvalue weighted by atomic mass is 35.5. The van der Waals surface area contributed by atoms with Crippen LogP contribution >= 0.6 is 23.2 Å². The molecule has 3 aromatic rings. The molecule has 1 atom stereocenters. The largest absolute Gasteiger partial charge is 0.492 e. The van der Waals surface area contributed by atoms with Gasteiger partial charge in [0.15, 0.2) is 6.10 Å². The Kier molecular flexibility index (Phi) is 9.52. The summed E-state index contributed by atoms with van der Waals surface area (Å²) in [5.41, 5.74) is 3.87. The lowest BCUT2D eigenvalue weighted by Gasteiger charge is -2.40. The Balaban J connectivity index is 1.68. The van der Waals surface area contributed by atoms with Crippen molar-refractivity contribution in [1.29, 1.82) is 0 Å². The third-order valence-electron chi connectivity index (χ3n) is 7.37. The minimum atomic E-state index is -1.17. The number of aromatic nitrogens is 2. The van der Waals surface area contributed by atoms with E-state index in [1.54, 1.807) is 12.4 Å². The molecule has 1 aromatic carbocycles. The Bertz CT molecular complexity index is 1360. The number of aryl methyl sites for hydroxylation is 1. The highest BCUT2D eigenvalue weighted by molar-refractivity contribution is 6.36. The molecule has 1 N–H and O–H groups in total. The Morgan fingerprint density at radius 3 is 2.29 bits per heavy atom. The number of carboxylic acids is 1. The topological polar surface area (TPSA) is 84.8 Å². The molecule has 4 rings (SSSR count). The van der Waals surface area contributed by atoms with Crippen molar-refractivity contribution in [2.45, 2.75) is 72.5 Å². The van der Waals surface area contributed by atoms with E-state index in [-0.39, 0.29) is 5.41 Å². The summed E-state index contributed by atoms with van der Waals surface area (Å²) >= 11 is 12.6. The van der Waals surface area contributed by atoms with Gasteiger partial charge in [-0.3, -0.25) is 9.97 Å². The Morgan fingerprint density at radius 2 is 1.73 bits per heavy atom. The first kappa shape index (κ1) is 31.1. The number of benzene rings is 1. The third-order valence-corrected chi connectivity index (χ3v) is 8.08. The van der Waals surface area contributed by atoms with Gasteiger partial charge < -0.3 is 19.5 Å². The third kappa shape index (κ3) is 7.70. The van der Waals surface area contributed by atoms with Crippen molar-refractivity contribution < 1.29 is 19.4 Å². The summed E-state index contributed by atoms with van der Waals surface area (Å²) in [6.45, 7) is 13.9. The first-order chi connectivity index (χ1) is 19.3. The summed E-state index contributed by atoms with van der Waals surface area (Å²) in [6.07, 6.45) is 4.82. The van der Waals surface area contributed by atoms with Crippen LogP contribution in [0.15, 0.2) is 42.7 Å². The van der Waals surface area contributed by atoms with Crippen LogP contribution in [0, 0.1) is 12.3 Å². The van der Waals surface area contributed by atoms with Crippen molar-refractivity contribution in [1.82, 2.24) is 9.97 Å². The molecule has 9 heteroatoms. The average molecular weight is 601 g/mol. The van der Waals surface area contributed by atoms with Gasteiger partial charge in [0.2, 0.25) is 0 Å². The summed E-state index contributed by atoms with van der Waals surface area (Å²) in [4.78, 5) is 24.2. The van der Waals surface area contributed by atoms with Gasteiger partial charge in [0, 0.05) is 52.6 Å². The molecule has 2 aromatic heterocycles. The summed E-state index contributed by atoms with van der Waals surface area (Å²) in [7, 11) is 0. The van der Waals surface area contributed by atoms with Crippen molar-refractivity contribution in [3.63, 3.8) is 0 Å². The van der Waals surface area contributed by atoms with Crippen LogP contribution in [0.4, 0.5) is 5.69 Å². The lowest BCUT2D eigenvalue weighted by molar-refractivity contribution is -0.160. The zero-order valence-electron chi connectivity index (χ0n) is 24.6. The molecule has 1 saturated heterocycles. The molecule has 1 aliphatic heterocycles. The standard InChI is InChI=1S/C32H39Cl2N3O4/c1-20-27(29(30(38)39)41-31(2,3)4)28(37-15-13-32(5,6)14-16-37)23(19-35-20)26-11-10-21(18-36-26)40-17-12-22-24(33)8-7-9-25(22)34/h7-11,18-19,29H,12-17H2,1-6H3,(H,38,39). The van der Waals surface area contributed by atoms with Crippen LogP contribution in [0.25, 0.3) is 11.3 Å². The van der Waals surface area contributed by atoms with Gasteiger partial charge in [0.05, 0.1) is 29.8 Å². The molecular weight excluding hydrogens is 561 g/mol. The number of aliphatic carboxylic acids is 1. The SMILES string of the molecule is Cc1ncc(-c2ccc(OCCc3c(Cl)cccc3Cl)cn2)c(N2CCC(C)(C)CC2)c1C(OC(C)(C)C)C(=O)O. The molecule has 1 aliphatic rings. The minimum Gasteiger partial charge on any atom is -0.492 e. The van der Waals surface area contributed by atoms with Crippen LogP contribution in [-0.2, 0) is 16.0 Å². The van der Waals surface area contributed by atoms with E-state index in [0.29, 0.717) is 45.8 Å². The maximum atomic E-state index is 12.6. The van der Waals surface area contributed by atoms with E-state index in [4.69, 9.17) is 37.7 Å². The van der Waals surface area contributed by atoms with E-state index in [1.165, 1.54) is 0 Å². The van der Waals surface area contributed by atoms with E-state index in [1.807, 2.05) is 58.0 Å². The smallest absolute Gasteiger partial charge is 0.337 e. The van der Waals surface area contributed by atoms with E-state index in [9.17, 15) is 9.90 Å². The van der Waals surface area contributed by atoms with Crippen LogP contribution in [0.2, 0.25) is 10.0 Å². The summed E-state index contributed by atoms with van der Waals surface area (Å²) < 4.78 is 12.1. The average Bonchev–Trinajstić information content (AvgIpc) is 2.89. The lowest BCUT2D eigenvalue weighted by atomic mass is 9.82. The van der Waals surface area contributed by atoms with Gasteiger partial charge in [-0.05, 0) is 75.8 Å². The number of ether oxygens (including phenoxy) is 2. The molecule has 0 bridgehead atoms. The highest BCUT2D eigenvalue weighted by Gasteiger charge is 2.36. The van der Waals surface area contributed by atoms with Gasteiger partial charge in [-0.2, -0.15) is 0 Å². The Labute approximate surface area is 252 Å². The summed E-state index contributed by atoms with van der Waals surface area (Å²) in [6, 6.07) is 9.18. The summed E-state index contributed by atoms with van der Waals surface area (Å²) in [5, 5.41) is 11.5. The van der Waals surface area contributed by atoms with Crippen molar-refractivity contribution in [2.75, 3.05) is 24.6 Å². The predicted octanol–water partition coefficient (Wildman–Crippen LogP) is 7.95. The van der Waals surface area contributed by atoms with Crippen LogP contribution in [0.5, 0.6) is 5.75 Å². The number of pyridine rings is 2. The van der Waals surface area contributed by atoms with E-state index < -0.39 is 17.7 Å². The molecule has 7 nitrogen and oxygen atoms in total. The second kappa shape index (κ2) is 12.6. The fourth-order valence-corrected chi connectivity index (χ4v) is 5.63. The summed E-state index contributed by atoms with van der Waals surface area (Å²) in [5.74, 6) is -0.436. The molecule has 1 unspecified atom stereocenters. The van der Waals surface area contributed by atoms with Crippen LogP contribution < -0.4 is 9.64 Å². The lowest BCUT2D eigenvalue weighted by Crippen LogP contribution is -2.39. The van der Waals surface area contributed by atoms with E-state index in [2.05, 4.69) is 23.7 Å². The predicted molar refractivity (Wildman–Crippen MR) is 164 cm³/mol. The normalized spacial score (nSPS) is 16.0. The second-order valence-corrected chi connectivity index (χ2v) is 13.1. The second-order valence-electron chi connectivity index (χ2n) is 12.3. The maximum absolute atomic E-state index is 12.6. The van der Waals surface area contributed by atoms with Crippen molar-refractivity contribution >= 4 is 34.9 Å². The van der Waals surface area contributed by atoms with Crippen molar-refractivity contribution in [3.05, 3.63) is 69.6 Å². The van der Waals surface area contributed by atoms with Gasteiger partial charge in [-0.1, -0.05) is 43.1 Å². The maximum Gasteiger partial charge on any atom is 0.337 e. The zero-order valence-corrected chi connectivity index (χ0v) is 26.1. The molecule has 3 heterocycles. The van der Waals surface area contributed by atoms with Crippen LogP contribution in [0.1, 0.15) is 70.4 Å². The molecule has 0 amide bonds. The van der Waals surface area contributed by atoms with Crippen molar-refractivity contribution in [2.24, 2.45) is 5.41 Å². The van der Waals surface area contributed by atoms with Gasteiger partial charge in [0.1, 0.15) is 5.75 Å². The first-order valence-corrected chi connectivity index (χ1v) is 14.7. The van der Waals surface area contributed by atoms with Crippen molar-refractivity contribution in [3.8, 4) is 17.0 Å². The molecule has 220 valence electrons. The fourth-order valence-electron chi connectivity index (χ4n) is 5.04. The van der Waals surface area contributed by atoms with Gasteiger partial charge in [-0.15, -0.1) is 0 Å². The number of carbonyl (C=O) groups is 1. The van der Waals surface area contributed by atoms with Gasteiger partial charge >= 0.3 is 5.97 Å². The number of rotatable bonds is 9. The van der Waals surface area contributed by atoms with Crippen LogP contribution in [-0.4, -0.2) is 46.3 Å². The molecule has 41 heavy (non-hydrogen) atoms. The number of hydrogen-bond donors (Lipinski definition) is 1. The monoisotopic (exact) mass is 599 g/mol. The number of piperidine rings is 1. The highest BCUT2D eigenvalue weighted by Crippen LogP contribution is 2.43. The molecule has 0 saturated carbocycles. The van der Waals surface area contributed by atoms with Gasteiger partial charge in [0.25, 0.3) is 0 Å². The number of nitrogens with zero attached hydrogens (tertiary/aromatic N) is 3. The zero-order chi connectivity index (χ0) is 29.9. The van der Waals surface area contributed by atoms with E-state index >= 15 is 0 Å². The van der Waals surface area contributed by atoms with E-state index in [0.717, 1.165) is 42.7 Å². The molecule has 0 spiro atoms. The number of carboxylic acid groups (broad SMARTS) is 1. The molecule has 0 radical (unpaired) electrons. The number of hydrogen-bond acceptors (Lipinski definition) is 6. The van der Waals surface area contributed by atoms with Gasteiger partial charge in [-0.25, -0.2) is 4.79 Å². The molecule has 1 fully saturated rings. The molecular formula is C32H39Cl2N3O4. The number of anilines is 1. The quantitative estimate of drug-likeness (QED) is 0.267. The Hall–Kier alpha value is -2.87.